The molecule has 0 unspecified atom stereocenters. The van der Waals surface area contributed by atoms with Crippen LogP contribution in [0, 0.1) is 0 Å². The molecule has 0 radical (unpaired) electrons. The molecule has 0 aliphatic rings. The second-order valence-electron chi connectivity index (χ2n) is 9.16. The number of hydrogen-bond donors (Lipinski definition) is 4. The lowest BCUT2D eigenvalue weighted by molar-refractivity contribution is -0.432. The number of halogens is 2. The second kappa shape index (κ2) is 15.5. The molecule has 0 spiro atoms. The fraction of sp³-hybridized carbons (Fsp3) is 0. The predicted octanol–water partition coefficient (Wildman–Crippen LogP) is 6.04. The Morgan fingerprint density at radius 1 is 0.542 bits per heavy atom. The summed E-state index contributed by atoms with van der Waals surface area (Å²) in [5, 5.41) is 23.5. The normalized spacial score (nSPS) is 11.8. The van der Waals surface area contributed by atoms with Crippen molar-refractivity contribution >= 4 is 84.9 Å². The van der Waals surface area contributed by atoms with Crippen molar-refractivity contribution in [1.29, 1.82) is 0 Å². The molecule has 4 rings (SSSR count). The Bertz CT molecular complexity index is 2010. The lowest BCUT2D eigenvalue weighted by atomic mass is 9.95. The van der Waals surface area contributed by atoms with Crippen LogP contribution in [-0.4, -0.2) is 53.8 Å². The van der Waals surface area contributed by atoms with E-state index >= 15 is 0 Å². The van der Waals surface area contributed by atoms with Gasteiger partial charge < -0.3 is 0 Å². The second-order valence-corrected chi connectivity index (χ2v) is 14.4. The average molecular weight is 780 g/mol. The fourth-order valence-corrected chi connectivity index (χ4v) is 6.65. The van der Waals surface area contributed by atoms with Gasteiger partial charge in [-0.25, -0.2) is 10.5 Å². The summed E-state index contributed by atoms with van der Waals surface area (Å²) in [4.78, 5) is 38.9. The molecule has 48 heavy (non-hydrogen) atoms. The molecule has 0 saturated carbocycles. The maximum Gasteiger partial charge on any atom is 0.294 e. The van der Waals surface area contributed by atoms with Gasteiger partial charge >= 0.3 is 0 Å². The molecule has 0 aromatic heterocycles. The summed E-state index contributed by atoms with van der Waals surface area (Å²) < 4.78 is 74.8. The molecule has 4 aromatic carbocycles. The maximum absolute atomic E-state index is 13.6. The molecule has 21 heteroatoms. The van der Waals surface area contributed by atoms with Crippen molar-refractivity contribution < 1.29 is 69.6 Å². The molecule has 4 aromatic rings. The van der Waals surface area contributed by atoms with Gasteiger partial charge in [0.2, 0.25) is 0 Å². The van der Waals surface area contributed by atoms with E-state index in [1.807, 2.05) is 0 Å². The number of carbonyl (C=O) groups excluding carboxylic acids is 3. The van der Waals surface area contributed by atoms with Crippen LogP contribution in [-0.2, 0) is 39.0 Å². The highest BCUT2D eigenvalue weighted by molar-refractivity contribution is 7.94. The predicted molar refractivity (Wildman–Crippen MR) is 167 cm³/mol. The first-order valence-electron chi connectivity index (χ1n) is 12.3. The van der Waals surface area contributed by atoms with Gasteiger partial charge in [0.1, 0.15) is 0 Å². The summed E-state index contributed by atoms with van der Waals surface area (Å²) in [5.41, 5.74) is -1.40. The van der Waals surface area contributed by atoms with Crippen LogP contribution >= 0.6 is 47.3 Å². The van der Waals surface area contributed by atoms with Crippen LogP contribution in [0.5, 0.6) is 0 Å². The highest BCUT2D eigenvalue weighted by Gasteiger charge is 2.24. The standard InChI is InChI=1S/C27H16Cl2O15S4/c28-23-3-1-13(9-21(23)26(31)15-5-17(45-43-41-33)11-19(7-15)47(35,36)37)25(30)14-2-4-24(29)22(10-14)27(32)16-6-18(46-44-42-34)12-20(8-16)48(38,39)40/h1-12,33-34H,(H,35,36,37)(H,38,39,40). The number of carbonyl (C=O) groups is 3. The summed E-state index contributed by atoms with van der Waals surface area (Å²) in [6, 6.07) is 13.0. The van der Waals surface area contributed by atoms with Crippen molar-refractivity contribution in [3.63, 3.8) is 0 Å². The zero-order valence-corrected chi connectivity index (χ0v) is 27.9. The lowest BCUT2D eigenvalue weighted by Gasteiger charge is -2.11. The molecule has 0 heterocycles. The molecular weight excluding hydrogens is 763 g/mol. The molecule has 252 valence electrons. The van der Waals surface area contributed by atoms with Crippen LogP contribution < -0.4 is 0 Å². The van der Waals surface area contributed by atoms with Gasteiger partial charge in [0.25, 0.3) is 20.2 Å². The van der Waals surface area contributed by atoms with Crippen molar-refractivity contribution in [3.8, 4) is 0 Å². The van der Waals surface area contributed by atoms with Crippen molar-refractivity contribution in [3.05, 3.63) is 116 Å². The van der Waals surface area contributed by atoms with Gasteiger partial charge in [-0.3, -0.25) is 23.5 Å². The molecule has 0 aliphatic heterocycles. The minimum absolute atomic E-state index is 0.0914. The summed E-state index contributed by atoms with van der Waals surface area (Å²) in [6.45, 7) is 0. The summed E-state index contributed by atoms with van der Waals surface area (Å²) >= 11 is 13.1. The van der Waals surface area contributed by atoms with Gasteiger partial charge in [-0.1, -0.05) is 33.3 Å². The lowest BCUT2D eigenvalue weighted by Crippen LogP contribution is -2.10. The summed E-state index contributed by atoms with van der Waals surface area (Å²) in [7, 11) is -9.65. The van der Waals surface area contributed by atoms with Crippen LogP contribution in [0.4, 0.5) is 0 Å². The van der Waals surface area contributed by atoms with Crippen LogP contribution in [0.15, 0.2) is 92.4 Å². The maximum atomic E-state index is 13.6. The number of hydrogen-bond acceptors (Lipinski definition) is 15. The highest BCUT2D eigenvalue weighted by atomic mass is 35.5. The van der Waals surface area contributed by atoms with Crippen LogP contribution in [0.2, 0.25) is 10.0 Å². The third-order valence-corrected chi connectivity index (χ3v) is 9.58. The van der Waals surface area contributed by atoms with Gasteiger partial charge in [0.05, 0.1) is 43.9 Å². The SMILES string of the molecule is O=C(c1ccc(Cl)c(C(=O)c2cc(SOOO)cc(S(=O)(=O)O)c2)c1)c1ccc(Cl)c(C(=O)c2cc(SOOO)cc(S(=O)(=O)O)c2)c1. The molecule has 4 N–H and O–H groups in total. The zero-order chi connectivity index (χ0) is 35.4. The van der Waals surface area contributed by atoms with Gasteiger partial charge in [0.15, 0.2) is 17.3 Å². The third-order valence-electron chi connectivity index (χ3n) is 6.15. The van der Waals surface area contributed by atoms with Crippen molar-refractivity contribution in [2.24, 2.45) is 0 Å². The minimum Gasteiger partial charge on any atom is -0.289 e. The van der Waals surface area contributed by atoms with E-state index in [0.717, 1.165) is 48.5 Å². The topological polar surface area (TPSA) is 237 Å². The van der Waals surface area contributed by atoms with Gasteiger partial charge in [0, 0.05) is 43.2 Å². The molecule has 0 amide bonds. The summed E-state index contributed by atoms with van der Waals surface area (Å²) in [6.07, 6.45) is 0. The van der Waals surface area contributed by atoms with E-state index < -0.39 is 47.4 Å². The molecule has 15 nitrogen and oxygen atoms in total. The van der Waals surface area contributed by atoms with E-state index in [0.29, 0.717) is 24.1 Å². The van der Waals surface area contributed by atoms with E-state index in [1.165, 1.54) is 24.3 Å². The summed E-state index contributed by atoms with van der Waals surface area (Å²) in [5.74, 6) is -2.51. The Hall–Kier alpha value is -3.25. The highest BCUT2D eigenvalue weighted by Crippen LogP contribution is 2.31. The Balaban J connectivity index is 1.73. The van der Waals surface area contributed by atoms with Crippen molar-refractivity contribution in [2.75, 3.05) is 0 Å². The number of ketones is 3. The van der Waals surface area contributed by atoms with Crippen LogP contribution in [0.25, 0.3) is 0 Å². The third kappa shape index (κ3) is 9.05. The van der Waals surface area contributed by atoms with Crippen LogP contribution in [0.1, 0.15) is 47.8 Å². The van der Waals surface area contributed by atoms with Gasteiger partial charge in [-0.2, -0.15) is 16.8 Å². The van der Waals surface area contributed by atoms with E-state index in [4.69, 9.17) is 33.7 Å². The first-order valence-corrected chi connectivity index (χ1v) is 17.4. The Kier molecular flexibility index (Phi) is 12.2. The molecule has 0 fully saturated rings. The number of rotatable bonds is 14. The zero-order valence-electron chi connectivity index (χ0n) is 23.1. The van der Waals surface area contributed by atoms with E-state index in [2.05, 4.69) is 18.7 Å². The van der Waals surface area contributed by atoms with Crippen molar-refractivity contribution in [2.45, 2.75) is 19.6 Å². The molecule has 0 bridgehead atoms. The van der Waals surface area contributed by atoms with Crippen molar-refractivity contribution in [1.82, 2.24) is 0 Å². The molecule has 0 saturated heterocycles. The first kappa shape index (κ1) is 37.6. The Labute approximate surface area is 288 Å². The largest absolute Gasteiger partial charge is 0.294 e. The molecular formula is C27H16Cl2O15S4. The van der Waals surface area contributed by atoms with Gasteiger partial charge in [-0.05, 0) is 72.8 Å². The monoisotopic (exact) mass is 778 g/mol. The van der Waals surface area contributed by atoms with E-state index in [9.17, 15) is 40.3 Å². The Morgan fingerprint density at radius 3 is 1.25 bits per heavy atom. The Morgan fingerprint density at radius 2 is 0.917 bits per heavy atom. The van der Waals surface area contributed by atoms with Crippen LogP contribution in [0.3, 0.4) is 0 Å². The average Bonchev–Trinajstić information content (AvgIpc) is 3.04. The quantitative estimate of drug-likeness (QED) is 0.0375. The fourth-order valence-electron chi connectivity index (χ4n) is 4.07. The molecule has 0 aliphatic carbocycles. The first-order chi connectivity index (χ1) is 22.5. The van der Waals surface area contributed by atoms with E-state index in [-0.39, 0.29) is 53.2 Å². The smallest absolute Gasteiger partial charge is 0.289 e. The minimum atomic E-state index is -4.82. The molecule has 0 atom stereocenters. The van der Waals surface area contributed by atoms with Gasteiger partial charge in [-0.15, -0.1) is 8.67 Å². The van der Waals surface area contributed by atoms with E-state index in [1.54, 1.807) is 0 Å². The number of benzene rings is 4.